The molecule has 6 heteroatoms. The molecule has 0 bridgehead atoms. The van der Waals surface area contributed by atoms with Crippen LogP contribution >= 0.6 is 0 Å². The molecule has 1 fully saturated rings. The summed E-state index contributed by atoms with van der Waals surface area (Å²) in [6.45, 7) is 2.47. The number of imidazole rings is 1. The molecule has 0 atom stereocenters. The third-order valence-electron chi connectivity index (χ3n) is 6.93. The molecular weight excluding hydrogens is 390 g/mol. The Hall–Kier alpha value is -3.28. The van der Waals surface area contributed by atoms with E-state index in [1.165, 1.54) is 24.0 Å². The van der Waals surface area contributed by atoms with Crippen LogP contribution < -0.4 is 9.47 Å². The number of fused-ring (bicyclic) bond motifs is 3. The molecular formula is C25H25N3O3. The number of ether oxygens (including phenoxy) is 2. The Morgan fingerprint density at radius 1 is 1.00 bits per heavy atom. The van der Waals surface area contributed by atoms with Gasteiger partial charge in [0.05, 0.1) is 12.5 Å². The van der Waals surface area contributed by atoms with Crippen molar-refractivity contribution in [2.24, 2.45) is 0 Å². The van der Waals surface area contributed by atoms with Crippen LogP contribution in [0.15, 0.2) is 55.0 Å². The van der Waals surface area contributed by atoms with E-state index >= 15 is 0 Å². The van der Waals surface area contributed by atoms with E-state index in [0.717, 1.165) is 36.6 Å². The number of aromatic nitrogens is 2. The van der Waals surface area contributed by atoms with E-state index in [1.54, 1.807) is 12.5 Å². The number of benzene rings is 2. The molecule has 0 N–H and O–H groups in total. The van der Waals surface area contributed by atoms with Crippen LogP contribution in [0.4, 0.5) is 0 Å². The Balaban J connectivity index is 1.39. The van der Waals surface area contributed by atoms with E-state index in [0.29, 0.717) is 25.5 Å². The topological polar surface area (TPSA) is 56.6 Å². The lowest BCUT2D eigenvalue weighted by Crippen LogP contribution is -2.47. The molecule has 1 aliphatic carbocycles. The summed E-state index contributed by atoms with van der Waals surface area (Å²) in [6, 6.07) is 14.2. The molecule has 6 nitrogen and oxygen atoms in total. The molecule has 158 valence electrons. The molecule has 2 aromatic carbocycles. The average molecular weight is 415 g/mol. The largest absolute Gasteiger partial charge is 0.486 e. The molecule has 1 aromatic heterocycles. The zero-order valence-electron chi connectivity index (χ0n) is 17.4. The van der Waals surface area contributed by atoms with Crippen LogP contribution in [0.3, 0.4) is 0 Å². The highest BCUT2D eigenvalue weighted by Gasteiger charge is 2.44. The summed E-state index contributed by atoms with van der Waals surface area (Å²) in [5, 5.41) is 0. The fourth-order valence-corrected chi connectivity index (χ4v) is 5.50. The summed E-state index contributed by atoms with van der Waals surface area (Å²) >= 11 is 0. The summed E-state index contributed by atoms with van der Waals surface area (Å²) in [5.74, 6) is 1.66. The quantitative estimate of drug-likeness (QED) is 0.632. The van der Waals surface area contributed by atoms with Crippen LogP contribution in [0.25, 0.3) is 5.69 Å². The Bertz CT molecular complexity index is 1130. The van der Waals surface area contributed by atoms with Gasteiger partial charge < -0.3 is 14.4 Å². The minimum atomic E-state index is -0.00329. The van der Waals surface area contributed by atoms with Crippen LogP contribution in [0.1, 0.15) is 47.3 Å². The van der Waals surface area contributed by atoms with Gasteiger partial charge in [0, 0.05) is 24.2 Å². The number of nitrogens with zero attached hydrogens (tertiary/aromatic N) is 3. The third kappa shape index (κ3) is 3.00. The minimum absolute atomic E-state index is 0.00329. The van der Waals surface area contributed by atoms with Gasteiger partial charge in [0.2, 0.25) is 0 Å². The first-order valence-electron chi connectivity index (χ1n) is 11.0. The third-order valence-corrected chi connectivity index (χ3v) is 6.93. The second-order valence-corrected chi connectivity index (χ2v) is 8.79. The second kappa shape index (κ2) is 7.15. The predicted octanol–water partition coefficient (Wildman–Crippen LogP) is 4.11. The molecule has 31 heavy (non-hydrogen) atoms. The van der Waals surface area contributed by atoms with Crippen LogP contribution in [-0.2, 0) is 12.0 Å². The molecule has 0 saturated heterocycles. The van der Waals surface area contributed by atoms with Crippen molar-refractivity contribution in [3.63, 3.8) is 0 Å². The zero-order chi connectivity index (χ0) is 20.8. The van der Waals surface area contributed by atoms with Gasteiger partial charge in [0.1, 0.15) is 18.9 Å². The molecule has 1 amide bonds. The van der Waals surface area contributed by atoms with E-state index in [9.17, 15) is 4.79 Å². The number of carbonyl (C=O) groups is 1. The van der Waals surface area contributed by atoms with Gasteiger partial charge in [-0.15, -0.1) is 0 Å². The van der Waals surface area contributed by atoms with Crippen molar-refractivity contribution in [3.05, 3.63) is 71.8 Å². The lowest BCUT2D eigenvalue weighted by molar-refractivity contribution is 0.0660. The lowest BCUT2D eigenvalue weighted by atomic mass is 9.73. The standard InChI is InChI=1S/C25H25N3O3/c29-24(21-14-26-17-28(21)19-6-2-1-3-7-19)27-15-18-12-22-23(31-11-10-30-22)13-20(18)25(16-27)8-4-5-9-25/h1-3,6-7,12-14,17H,4-5,8-11,15-16H2. The van der Waals surface area contributed by atoms with E-state index in [1.807, 2.05) is 39.8 Å². The first kappa shape index (κ1) is 18.5. The fraction of sp³-hybridized carbons (Fsp3) is 0.360. The maximum Gasteiger partial charge on any atom is 0.272 e. The van der Waals surface area contributed by atoms with Gasteiger partial charge in [-0.05, 0) is 48.2 Å². The van der Waals surface area contributed by atoms with E-state index in [2.05, 4.69) is 17.1 Å². The molecule has 0 unspecified atom stereocenters. The van der Waals surface area contributed by atoms with E-state index in [4.69, 9.17) is 9.47 Å². The lowest BCUT2D eigenvalue weighted by Gasteiger charge is -2.42. The van der Waals surface area contributed by atoms with Gasteiger partial charge in [-0.3, -0.25) is 9.36 Å². The molecule has 1 spiro atoms. The van der Waals surface area contributed by atoms with Crippen molar-refractivity contribution in [3.8, 4) is 17.2 Å². The van der Waals surface area contributed by atoms with Crippen LogP contribution in [0.5, 0.6) is 11.5 Å². The number of hydrogen-bond acceptors (Lipinski definition) is 4. The highest BCUT2D eigenvalue weighted by atomic mass is 16.6. The molecule has 6 rings (SSSR count). The summed E-state index contributed by atoms with van der Waals surface area (Å²) in [6.07, 6.45) is 7.97. The summed E-state index contributed by atoms with van der Waals surface area (Å²) < 4.78 is 13.6. The fourth-order valence-electron chi connectivity index (χ4n) is 5.50. The number of rotatable bonds is 2. The first-order valence-corrected chi connectivity index (χ1v) is 11.0. The van der Waals surface area contributed by atoms with Crippen molar-refractivity contribution >= 4 is 5.91 Å². The van der Waals surface area contributed by atoms with Gasteiger partial charge in [0.25, 0.3) is 5.91 Å². The number of amides is 1. The molecule has 2 aliphatic heterocycles. The van der Waals surface area contributed by atoms with Crippen LogP contribution in [0.2, 0.25) is 0 Å². The van der Waals surface area contributed by atoms with E-state index in [-0.39, 0.29) is 11.3 Å². The van der Waals surface area contributed by atoms with Crippen molar-refractivity contribution in [1.82, 2.24) is 14.5 Å². The normalized spacial score (nSPS) is 18.8. The van der Waals surface area contributed by atoms with Crippen molar-refractivity contribution in [2.45, 2.75) is 37.6 Å². The molecule has 1 saturated carbocycles. The Kier molecular flexibility index (Phi) is 4.26. The minimum Gasteiger partial charge on any atom is -0.486 e. The SMILES string of the molecule is O=C(c1cncn1-c1ccccc1)N1Cc2cc3c(cc2C2(CCCC2)C1)OCCO3. The number of hydrogen-bond donors (Lipinski definition) is 0. The van der Waals surface area contributed by atoms with Crippen LogP contribution in [-0.4, -0.2) is 40.1 Å². The first-order chi connectivity index (χ1) is 15.2. The summed E-state index contributed by atoms with van der Waals surface area (Å²) in [5.41, 5.74) is 4.05. The highest BCUT2D eigenvalue weighted by Crippen LogP contribution is 2.49. The number of para-hydroxylation sites is 1. The maximum atomic E-state index is 13.7. The summed E-state index contributed by atoms with van der Waals surface area (Å²) in [7, 11) is 0. The zero-order valence-corrected chi connectivity index (χ0v) is 17.4. The van der Waals surface area contributed by atoms with Crippen molar-refractivity contribution in [2.75, 3.05) is 19.8 Å². The second-order valence-electron chi connectivity index (χ2n) is 8.79. The molecule has 3 aromatic rings. The van der Waals surface area contributed by atoms with Gasteiger partial charge in [-0.25, -0.2) is 4.98 Å². The van der Waals surface area contributed by atoms with Gasteiger partial charge in [0.15, 0.2) is 11.5 Å². The van der Waals surface area contributed by atoms with Crippen molar-refractivity contribution in [1.29, 1.82) is 0 Å². The monoisotopic (exact) mass is 415 g/mol. The molecule has 3 heterocycles. The van der Waals surface area contributed by atoms with Crippen LogP contribution in [0, 0.1) is 0 Å². The average Bonchev–Trinajstić information content (AvgIpc) is 3.48. The maximum absolute atomic E-state index is 13.7. The highest BCUT2D eigenvalue weighted by molar-refractivity contribution is 5.93. The summed E-state index contributed by atoms with van der Waals surface area (Å²) in [4.78, 5) is 20.0. The van der Waals surface area contributed by atoms with Gasteiger partial charge >= 0.3 is 0 Å². The predicted molar refractivity (Wildman–Crippen MR) is 116 cm³/mol. The van der Waals surface area contributed by atoms with Gasteiger partial charge in [-0.2, -0.15) is 0 Å². The van der Waals surface area contributed by atoms with E-state index < -0.39 is 0 Å². The Morgan fingerprint density at radius 2 is 1.74 bits per heavy atom. The van der Waals surface area contributed by atoms with Crippen molar-refractivity contribution < 1.29 is 14.3 Å². The molecule has 3 aliphatic rings. The Labute approximate surface area is 181 Å². The Morgan fingerprint density at radius 3 is 2.52 bits per heavy atom. The number of carbonyl (C=O) groups excluding carboxylic acids is 1. The van der Waals surface area contributed by atoms with Gasteiger partial charge in [-0.1, -0.05) is 31.0 Å². The smallest absolute Gasteiger partial charge is 0.272 e. The molecule has 0 radical (unpaired) electrons.